The number of carbonyl (C=O) groups is 2. The summed E-state index contributed by atoms with van der Waals surface area (Å²) in [5, 5.41) is -0.0498. The summed E-state index contributed by atoms with van der Waals surface area (Å²) >= 11 is 12.0. The van der Waals surface area contributed by atoms with Crippen LogP contribution in [0.2, 0.25) is 10.0 Å². The molecule has 0 saturated heterocycles. The van der Waals surface area contributed by atoms with Crippen molar-refractivity contribution in [3.63, 3.8) is 0 Å². The van der Waals surface area contributed by atoms with Crippen LogP contribution in [0.15, 0.2) is 48.5 Å². The summed E-state index contributed by atoms with van der Waals surface area (Å²) in [5.41, 5.74) is 1.99. The number of ether oxygens (including phenoxy) is 2. The Morgan fingerprint density at radius 1 is 0.720 bits per heavy atom. The van der Waals surface area contributed by atoms with E-state index in [9.17, 15) is 9.59 Å². The van der Waals surface area contributed by atoms with Gasteiger partial charge in [0.15, 0.2) is 0 Å². The third-order valence-electron chi connectivity index (χ3n) is 3.21. The number of carbonyl (C=O) groups excluding carboxylic acids is 2. The zero-order chi connectivity index (χ0) is 18.1. The summed E-state index contributed by atoms with van der Waals surface area (Å²) in [6.07, 6.45) is 1.10. The SMILES string of the molecule is O=C(OCCc1ccc(Cl)cc1)SC(=O)OCCc1ccc(Cl)cc1. The lowest BCUT2D eigenvalue weighted by Crippen LogP contribution is -2.08. The van der Waals surface area contributed by atoms with Gasteiger partial charge in [0.05, 0.1) is 25.0 Å². The first-order valence-corrected chi connectivity index (χ1v) is 9.10. The molecule has 0 aliphatic carbocycles. The predicted octanol–water partition coefficient (Wildman–Crippen LogP) is 5.79. The number of halogens is 2. The van der Waals surface area contributed by atoms with Crippen molar-refractivity contribution in [3.8, 4) is 0 Å². The van der Waals surface area contributed by atoms with Gasteiger partial charge < -0.3 is 9.47 Å². The van der Waals surface area contributed by atoms with Gasteiger partial charge in [-0.1, -0.05) is 47.5 Å². The molecule has 0 atom stereocenters. The summed E-state index contributed by atoms with van der Waals surface area (Å²) in [6.45, 7) is 0.372. The molecule has 0 amide bonds. The van der Waals surface area contributed by atoms with Crippen LogP contribution in [0, 0.1) is 0 Å². The topological polar surface area (TPSA) is 52.6 Å². The molecule has 0 aliphatic heterocycles. The fourth-order valence-corrected chi connectivity index (χ4v) is 2.61. The molecule has 0 spiro atoms. The van der Waals surface area contributed by atoms with Crippen LogP contribution in [0.4, 0.5) is 9.59 Å². The molecular weight excluding hydrogens is 383 g/mol. The molecule has 2 rings (SSSR count). The fourth-order valence-electron chi connectivity index (χ4n) is 1.93. The Morgan fingerprint density at radius 3 is 1.44 bits per heavy atom. The minimum absolute atomic E-state index is 0.186. The molecule has 0 aromatic heterocycles. The first kappa shape index (κ1) is 19.6. The normalized spacial score (nSPS) is 10.3. The average Bonchev–Trinajstić information content (AvgIpc) is 2.58. The fraction of sp³-hybridized carbons (Fsp3) is 0.222. The van der Waals surface area contributed by atoms with Gasteiger partial charge in [-0.15, -0.1) is 0 Å². The van der Waals surface area contributed by atoms with Crippen molar-refractivity contribution < 1.29 is 19.1 Å². The monoisotopic (exact) mass is 398 g/mol. The van der Waals surface area contributed by atoms with E-state index in [-0.39, 0.29) is 13.2 Å². The number of benzene rings is 2. The summed E-state index contributed by atoms with van der Waals surface area (Å²) in [6, 6.07) is 14.5. The Morgan fingerprint density at radius 2 is 1.08 bits per heavy atom. The molecule has 2 aromatic carbocycles. The largest absolute Gasteiger partial charge is 0.457 e. The van der Waals surface area contributed by atoms with Crippen molar-refractivity contribution in [2.45, 2.75) is 12.8 Å². The zero-order valence-electron chi connectivity index (χ0n) is 13.2. The van der Waals surface area contributed by atoms with Crippen molar-refractivity contribution in [2.24, 2.45) is 0 Å². The van der Waals surface area contributed by atoms with Crippen LogP contribution >= 0.6 is 35.0 Å². The number of hydrogen-bond donors (Lipinski definition) is 0. The Hall–Kier alpha value is -1.69. The van der Waals surface area contributed by atoms with Crippen LogP contribution in [0.5, 0.6) is 0 Å². The van der Waals surface area contributed by atoms with Gasteiger partial charge in [0.2, 0.25) is 0 Å². The zero-order valence-corrected chi connectivity index (χ0v) is 15.6. The lowest BCUT2D eigenvalue weighted by molar-refractivity contribution is 0.170. The number of hydrogen-bond acceptors (Lipinski definition) is 5. The molecular formula is C18H16Cl2O4S. The van der Waals surface area contributed by atoms with Gasteiger partial charge >= 0.3 is 10.6 Å². The van der Waals surface area contributed by atoms with Gasteiger partial charge in [0, 0.05) is 22.9 Å². The van der Waals surface area contributed by atoms with Gasteiger partial charge in [0.1, 0.15) is 0 Å². The van der Waals surface area contributed by atoms with Crippen molar-refractivity contribution in [3.05, 3.63) is 69.7 Å². The van der Waals surface area contributed by atoms with Crippen LogP contribution in [0.25, 0.3) is 0 Å². The van der Waals surface area contributed by atoms with E-state index in [1.54, 1.807) is 24.3 Å². The minimum atomic E-state index is -0.676. The number of thioether (sulfide) groups is 1. The Labute approximate surface area is 160 Å². The number of rotatable bonds is 6. The van der Waals surface area contributed by atoms with Crippen LogP contribution in [0.1, 0.15) is 11.1 Å². The van der Waals surface area contributed by atoms with Gasteiger partial charge in [0.25, 0.3) is 0 Å². The molecule has 0 heterocycles. The van der Waals surface area contributed by atoms with Crippen molar-refractivity contribution in [1.29, 1.82) is 0 Å². The maximum absolute atomic E-state index is 11.6. The van der Waals surface area contributed by atoms with E-state index in [1.165, 1.54) is 0 Å². The van der Waals surface area contributed by atoms with Gasteiger partial charge in [-0.2, -0.15) is 0 Å². The quantitative estimate of drug-likeness (QED) is 0.576. The van der Waals surface area contributed by atoms with Crippen LogP contribution in [-0.2, 0) is 22.3 Å². The molecule has 0 saturated carbocycles. The standard InChI is InChI=1S/C18H16Cl2O4S/c19-15-5-1-13(2-6-15)9-11-23-17(21)25-18(22)24-12-10-14-3-7-16(20)8-4-14/h1-8H,9-12H2. The third-order valence-corrected chi connectivity index (χ3v) is 4.29. The van der Waals surface area contributed by atoms with E-state index < -0.39 is 10.6 Å². The third kappa shape index (κ3) is 7.82. The molecule has 0 fully saturated rings. The maximum atomic E-state index is 11.6. The molecule has 132 valence electrons. The first-order chi connectivity index (χ1) is 12.0. The molecule has 0 N–H and O–H groups in total. The second kappa shape index (κ2) is 10.3. The molecule has 0 unspecified atom stereocenters. The highest BCUT2D eigenvalue weighted by Gasteiger charge is 2.13. The van der Waals surface area contributed by atoms with Crippen molar-refractivity contribution in [2.75, 3.05) is 13.2 Å². The molecule has 25 heavy (non-hydrogen) atoms. The smallest absolute Gasteiger partial charge is 0.378 e. The van der Waals surface area contributed by atoms with E-state index in [2.05, 4.69) is 0 Å². The van der Waals surface area contributed by atoms with Gasteiger partial charge in [-0.25, -0.2) is 9.59 Å². The van der Waals surface area contributed by atoms with Crippen molar-refractivity contribution >= 4 is 45.6 Å². The van der Waals surface area contributed by atoms with E-state index in [0.29, 0.717) is 34.6 Å². The molecule has 4 nitrogen and oxygen atoms in total. The van der Waals surface area contributed by atoms with Gasteiger partial charge in [-0.3, -0.25) is 0 Å². The molecule has 0 bridgehead atoms. The van der Waals surface area contributed by atoms with Crippen molar-refractivity contribution in [1.82, 2.24) is 0 Å². The highest BCUT2D eigenvalue weighted by molar-refractivity contribution is 8.25. The minimum Gasteiger partial charge on any atom is -0.457 e. The molecule has 0 aliphatic rings. The van der Waals surface area contributed by atoms with Crippen LogP contribution < -0.4 is 0 Å². The molecule has 2 aromatic rings. The Bertz CT molecular complexity index is 641. The second-order valence-corrected chi connectivity index (χ2v) is 6.80. The van der Waals surface area contributed by atoms with Crippen LogP contribution in [-0.4, -0.2) is 23.8 Å². The predicted molar refractivity (Wildman–Crippen MR) is 101 cm³/mol. The van der Waals surface area contributed by atoms with E-state index in [1.807, 2.05) is 24.3 Å². The van der Waals surface area contributed by atoms with E-state index in [4.69, 9.17) is 32.7 Å². The van der Waals surface area contributed by atoms with E-state index >= 15 is 0 Å². The van der Waals surface area contributed by atoms with Gasteiger partial charge in [-0.05, 0) is 35.4 Å². The first-order valence-electron chi connectivity index (χ1n) is 7.53. The average molecular weight is 399 g/mol. The lowest BCUT2D eigenvalue weighted by atomic mass is 10.2. The van der Waals surface area contributed by atoms with Crippen LogP contribution in [0.3, 0.4) is 0 Å². The maximum Gasteiger partial charge on any atom is 0.378 e. The summed E-state index contributed by atoms with van der Waals surface area (Å²) in [7, 11) is 0. The molecule has 7 heteroatoms. The summed E-state index contributed by atoms with van der Waals surface area (Å²) < 4.78 is 10.0. The van der Waals surface area contributed by atoms with E-state index in [0.717, 1.165) is 11.1 Å². The highest BCUT2D eigenvalue weighted by atomic mass is 35.5. The summed E-state index contributed by atoms with van der Waals surface area (Å²) in [4.78, 5) is 23.1. The Balaban J connectivity index is 1.60. The molecule has 0 radical (unpaired) electrons. The lowest BCUT2D eigenvalue weighted by Gasteiger charge is -2.06. The summed E-state index contributed by atoms with van der Waals surface area (Å²) in [5.74, 6) is 0. The second-order valence-electron chi connectivity index (χ2n) is 5.05. The Kier molecular flexibility index (Phi) is 8.12. The highest BCUT2D eigenvalue weighted by Crippen LogP contribution is 2.14.